The van der Waals surface area contributed by atoms with Gasteiger partial charge >= 0.3 is 0 Å². The third-order valence-corrected chi connectivity index (χ3v) is 6.64. The molecule has 0 fully saturated rings. The van der Waals surface area contributed by atoms with E-state index in [0.29, 0.717) is 10.9 Å². The molecule has 0 spiro atoms. The monoisotopic (exact) mass is 427 g/mol. The zero-order chi connectivity index (χ0) is 21.4. The predicted octanol–water partition coefficient (Wildman–Crippen LogP) is 5.04. The Morgan fingerprint density at radius 1 is 1.00 bits per heavy atom. The van der Waals surface area contributed by atoms with Crippen LogP contribution < -0.4 is 4.74 Å². The second kappa shape index (κ2) is 8.04. The number of ether oxygens (including phenoxy) is 1. The third kappa shape index (κ3) is 3.64. The van der Waals surface area contributed by atoms with Crippen molar-refractivity contribution in [3.63, 3.8) is 0 Å². The van der Waals surface area contributed by atoms with E-state index in [-0.39, 0.29) is 5.78 Å². The minimum Gasteiger partial charge on any atom is -0.497 e. The second-order valence-corrected chi connectivity index (χ2v) is 8.46. The van der Waals surface area contributed by atoms with Gasteiger partial charge in [0.05, 0.1) is 12.9 Å². The summed E-state index contributed by atoms with van der Waals surface area (Å²) in [6.07, 6.45) is 0.931. The van der Waals surface area contributed by atoms with Crippen molar-refractivity contribution in [3.8, 4) is 28.3 Å². The molecule has 0 saturated carbocycles. The van der Waals surface area contributed by atoms with E-state index in [1.54, 1.807) is 7.11 Å². The van der Waals surface area contributed by atoms with Gasteiger partial charge in [-0.05, 0) is 46.9 Å². The maximum Gasteiger partial charge on any atom is 0.191 e. The third-order valence-electron chi connectivity index (χ3n) is 5.62. The van der Waals surface area contributed by atoms with Gasteiger partial charge < -0.3 is 9.30 Å². The molecule has 5 rings (SSSR count). The topological polar surface area (TPSA) is 57.0 Å². The number of benzene rings is 3. The number of nitrogens with zero attached hydrogens (tertiary/aromatic N) is 3. The fourth-order valence-corrected chi connectivity index (χ4v) is 4.77. The van der Waals surface area contributed by atoms with Crippen LogP contribution in [0.2, 0.25) is 0 Å². The van der Waals surface area contributed by atoms with Gasteiger partial charge in [0, 0.05) is 18.2 Å². The lowest BCUT2D eigenvalue weighted by Gasteiger charge is -2.07. The van der Waals surface area contributed by atoms with E-state index in [2.05, 4.69) is 34.5 Å². The van der Waals surface area contributed by atoms with E-state index in [1.165, 1.54) is 34.0 Å². The highest BCUT2D eigenvalue weighted by Crippen LogP contribution is 2.37. The quantitative estimate of drug-likeness (QED) is 0.281. The van der Waals surface area contributed by atoms with Crippen LogP contribution in [0.3, 0.4) is 0 Å². The molecule has 4 aromatic rings. The average molecular weight is 428 g/mol. The molecule has 0 N–H and O–H groups in total. The Labute approximate surface area is 185 Å². The molecule has 154 valence electrons. The van der Waals surface area contributed by atoms with Crippen molar-refractivity contribution in [3.05, 3.63) is 83.4 Å². The molecule has 3 aromatic carbocycles. The van der Waals surface area contributed by atoms with Crippen LogP contribution in [0.4, 0.5) is 0 Å². The number of hydrogen-bond acceptors (Lipinski definition) is 5. The molecule has 1 aromatic heterocycles. The summed E-state index contributed by atoms with van der Waals surface area (Å²) in [7, 11) is 3.55. The summed E-state index contributed by atoms with van der Waals surface area (Å²) in [5.41, 5.74) is 6.66. The summed E-state index contributed by atoms with van der Waals surface area (Å²) >= 11 is 1.40. The van der Waals surface area contributed by atoms with Gasteiger partial charge in [0.1, 0.15) is 5.75 Å². The lowest BCUT2D eigenvalue weighted by Crippen LogP contribution is -2.04. The van der Waals surface area contributed by atoms with Crippen molar-refractivity contribution in [2.45, 2.75) is 11.6 Å². The highest BCUT2D eigenvalue weighted by molar-refractivity contribution is 7.99. The molecule has 1 heterocycles. The summed E-state index contributed by atoms with van der Waals surface area (Å²) in [4.78, 5) is 12.9. The molecule has 31 heavy (non-hydrogen) atoms. The van der Waals surface area contributed by atoms with E-state index >= 15 is 0 Å². The zero-order valence-electron chi connectivity index (χ0n) is 17.3. The molecule has 1 aliphatic rings. The first-order valence-corrected chi connectivity index (χ1v) is 11.0. The molecule has 0 atom stereocenters. The van der Waals surface area contributed by atoms with Crippen LogP contribution in [-0.4, -0.2) is 33.4 Å². The van der Waals surface area contributed by atoms with Crippen molar-refractivity contribution in [2.75, 3.05) is 12.9 Å². The number of thioether (sulfide) groups is 1. The predicted molar refractivity (Wildman–Crippen MR) is 123 cm³/mol. The van der Waals surface area contributed by atoms with Crippen molar-refractivity contribution in [1.29, 1.82) is 0 Å². The van der Waals surface area contributed by atoms with Gasteiger partial charge in [-0.2, -0.15) is 0 Å². The van der Waals surface area contributed by atoms with Gasteiger partial charge in [0.25, 0.3) is 0 Å². The van der Waals surface area contributed by atoms with Crippen LogP contribution in [0, 0.1) is 0 Å². The van der Waals surface area contributed by atoms with E-state index < -0.39 is 0 Å². The Kier molecular flexibility index (Phi) is 5.08. The Morgan fingerprint density at radius 2 is 1.84 bits per heavy atom. The van der Waals surface area contributed by atoms with Gasteiger partial charge in [-0.25, -0.2) is 0 Å². The van der Waals surface area contributed by atoms with Crippen LogP contribution in [0.25, 0.3) is 22.5 Å². The van der Waals surface area contributed by atoms with Crippen molar-refractivity contribution in [1.82, 2.24) is 14.8 Å². The summed E-state index contributed by atoms with van der Waals surface area (Å²) in [6.45, 7) is 0. The molecule has 0 amide bonds. The lowest BCUT2D eigenvalue weighted by atomic mass is 10.0. The van der Waals surface area contributed by atoms with Gasteiger partial charge in [0.15, 0.2) is 16.8 Å². The normalized spacial score (nSPS) is 11.8. The van der Waals surface area contributed by atoms with Gasteiger partial charge in [0.2, 0.25) is 0 Å². The first-order chi connectivity index (χ1) is 15.1. The molecule has 5 nitrogen and oxygen atoms in total. The summed E-state index contributed by atoms with van der Waals surface area (Å²) in [6, 6.07) is 22.1. The number of ketones is 1. The van der Waals surface area contributed by atoms with Crippen LogP contribution in [-0.2, 0) is 13.5 Å². The molecule has 6 heteroatoms. The molecular weight excluding hydrogens is 406 g/mol. The largest absolute Gasteiger partial charge is 0.497 e. The Morgan fingerprint density at radius 3 is 2.71 bits per heavy atom. The van der Waals surface area contributed by atoms with Crippen molar-refractivity contribution in [2.24, 2.45) is 7.05 Å². The Bertz CT molecular complexity index is 1300. The van der Waals surface area contributed by atoms with Crippen molar-refractivity contribution < 1.29 is 9.53 Å². The van der Waals surface area contributed by atoms with Gasteiger partial charge in [-0.3, -0.25) is 4.79 Å². The first-order valence-electron chi connectivity index (χ1n) is 10.0. The molecule has 0 radical (unpaired) electrons. The summed E-state index contributed by atoms with van der Waals surface area (Å²) in [5.74, 6) is 1.90. The molecule has 0 bridgehead atoms. The number of hydrogen-bond donors (Lipinski definition) is 0. The highest BCUT2D eigenvalue weighted by Gasteiger charge is 2.20. The maximum absolute atomic E-state index is 12.9. The number of rotatable bonds is 6. The number of carbonyl (C=O) groups is 1. The molecular formula is C25H21N3O2S. The average Bonchev–Trinajstić information content (AvgIpc) is 3.37. The second-order valence-electron chi connectivity index (χ2n) is 7.51. The number of fused-ring (bicyclic) bond motifs is 3. The van der Waals surface area contributed by atoms with Crippen LogP contribution in [0.5, 0.6) is 5.75 Å². The lowest BCUT2D eigenvalue weighted by molar-refractivity contribution is 0.102. The minimum absolute atomic E-state index is 0.0862. The zero-order valence-corrected chi connectivity index (χ0v) is 18.1. The first kappa shape index (κ1) is 19.6. The molecule has 0 saturated heterocycles. The highest BCUT2D eigenvalue weighted by atomic mass is 32.2. The Balaban J connectivity index is 1.33. The smallest absolute Gasteiger partial charge is 0.191 e. The molecule has 0 unspecified atom stereocenters. The fourth-order valence-electron chi connectivity index (χ4n) is 3.96. The Hall–Kier alpha value is -3.38. The summed E-state index contributed by atoms with van der Waals surface area (Å²) in [5, 5.41) is 9.30. The number of aromatic nitrogens is 3. The van der Waals surface area contributed by atoms with Crippen LogP contribution in [0.1, 0.15) is 21.5 Å². The van der Waals surface area contributed by atoms with E-state index in [4.69, 9.17) is 4.74 Å². The van der Waals surface area contributed by atoms with Gasteiger partial charge in [-0.1, -0.05) is 60.3 Å². The van der Waals surface area contributed by atoms with Crippen molar-refractivity contribution >= 4 is 17.5 Å². The van der Waals surface area contributed by atoms with E-state index in [1.807, 2.05) is 54.1 Å². The van der Waals surface area contributed by atoms with E-state index in [9.17, 15) is 4.79 Å². The van der Waals surface area contributed by atoms with Crippen LogP contribution >= 0.6 is 11.8 Å². The number of carbonyl (C=O) groups excluding carboxylic acids is 1. The standard InChI is InChI=1S/C25H21N3O2S/c1-28-24(19-7-5-8-20(13-19)30-2)26-27-25(28)31-15-23(29)18-11-10-17-12-16-6-3-4-9-21(16)22(17)14-18/h3-11,13-14H,12,15H2,1-2H3. The van der Waals surface area contributed by atoms with Gasteiger partial charge in [-0.15, -0.1) is 10.2 Å². The van der Waals surface area contributed by atoms with Crippen LogP contribution in [0.15, 0.2) is 71.9 Å². The fraction of sp³-hybridized carbons (Fsp3) is 0.160. The SMILES string of the molecule is COc1cccc(-c2nnc(SCC(=O)c3ccc4c(c3)-c3ccccc3C4)n2C)c1. The number of methoxy groups -OCH3 is 1. The minimum atomic E-state index is 0.0862. The summed E-state index contributed by atoms with van der Waals surface area (Å²) < 4.78 is 7.21. The van der Waals surface area contributed by atoms with E-state index in [0.717, 1.165) is 29.1 Å². The number of Topliss-reactive ketones (excluding diaryl/α,β-unsaturated/α-hetero) is 1. The molecule has 1 aliphatic carbocycles. The maximum atomic E-state index is 12.9. The molecule has 0 aliphatic heterocycles.